The summed E-state index contributed by atoms with van der Waals surface area (Å²) in [6, 6.07) is 2.12. The zero-order valence-electron chi connectivity index (χ0n) is 9.09. The van der Waals surface area contributed by atoms with E-state index in [0.717, 1.165) is 28.4 Å². The number of nitrogens with zero attached hydrogens (tertiary/aromatic N) is 1. The van der Waals surface area contributed by atoms with Gasteiger partial charge in [-0.3, -0.25) is 4.90 Å². The molecular formula is C11H16BrClN2S. The van der Waals surface area contributed by atoms with Crippen molar-refractivity contribution in [3.8, 4) is 0 Å². The molecule has 1 aliphatic rings. The maximum Gasteiger partial charge on any atom is 0.107 e. The van der Waals surface area contributed by atoms with Crippen molar-refractivity contribution in [2.45, 2.75) is 19.4 Å². The van der Waals surface area contributed by atoms with E-state index in [4.69, 9.17) is 17.3 Å². The third-order valence-electron chi connectivity index (χ3n) is 3.01. The van der Waals surface area contributed by atoms with E-state index in [2.05, 4.69) is 26.9 Å². The lowest BCUT2D eigenvalue weighted by Gasteiger charge is -2.31. The molecule has 1 aromatic heterocycles. The molecule has 0 bridgehead atoms. The number of rotatable bonds is 3. The SMILES string of the molecule is NCC1CCCN(Cc2cc(Br)c(Cl)s2)C1. The fourth-order valence-corrected chi connectivity index (χ4v) is 4.01. The normalized spacial score (nSPS) is 22.6. The molecule has 1 aromatic rings. The first-order valence-corrected chi connectivity index (χ1v) is 7.54. The summed E-state index contributed by atoms with van der Waals surface area (Å²) in [5, 5.41) is 0. The Kier molecular flexibility index (Phi) is 4.67. The van der Waals surface area contributed by atoms with Crippen molar-refractivity contribution < 1.29 is 0 Å². The Morgan fingerprint density at radius 1 is 1.62 bits per heavy atom. The maximum absolute atomic E-state index is 6.04. The van der Waals surface area contributed by atoms with Gasteiger partial charge in [-0.1, -0.05) is 11.6 Å². The summed E-state index contributed by atoms with van der Waals surface area (Å²) < 4.78 is 1.86. The molecule has 2 rings (SSSR count). The second-order valence-electron chi connectivity index (χ2n) is 4.31. The van der Waals surface area contributed by atoms with Crippen LogP contribution in [-0.2, 0) is 6.54 Å². The first-order valence-electron chi connectivity index (χ1n) is 5.55. The van der Waals surface area contributed by atoms with Gasteiger partial charge in [-0.15, -0.1) is 11.3 Å². The van der Waals surface area contributed by atoms with Crippen molar-refractivity contribution in [1.29, 1.82) is 0 Å². The van der Waals surface area contributed by atoms with E-state index in [-0.39, 0.29) is 0 Å². The van der Waals surface area contributed by atoms with Gasteiger partial charge in [0.1, 0.15) is 4.34 Å². The molecule has 0 radical (unpaired) electrons. The molecule has 5 heteroatoms. The molecule has 1 fully saturated rings. The van der Waals surface area contributed by atoms with E-state index in [1.807, 2.05) is 0 Å². The number of halogens is 2. The minimum atomic E-state index is 0.674. The number of nitrogens with two attached hydrogens (primary N) is 1. The Morgan fingerprint density at radius 3 is 3.06 bits per heavy atom. The van der Waals surface area contributed by atoms with Crippen LogP contribution in [0.5, 0.6) is 0 Å². The molecule has 1 aliphatic heterocycles. The van der Waals surface area contributed by atoms with E-state index < -0.39 is 0 Å². The van der Waals surface area contributed by atoms with Crippen LogP contribution in [0.25, 0.3) is 0 Å². The molecule has 0 amide bonds. The predicted molar refractivity (Wildman–Crippen MR) is 74.1 cm³/mol. The number of hydrogen-bond acceptors (Lipinski definition) is 3. The molecule has 1 unspecified atom stereocenters. The first kappa shape index (κ1) is 12.8. The molecule has 2 heterocycles. The lowest BCUT2D eigenvalue weighted by Crippen LogP contribution is -2.37. The molecule has 1 atom stereocenters. The molecule has 0 aliphatic carbocycles. The van der Waals surface area contributed by atoms with Crippen LogP contribution in [0.15, 0.2) is 10.5 Å². The zero-order valence-corrected chi connectivity index (χ0v) is 12.2. The van der Waals surface area contributed by atoms with Gasteiger partial charge < -0.3 is 5.73 Å². The van der Waals surface area contributed by atoms with Gasteiger partial charge in [-0.25, -0.2) is 0 Å². The topological polar surface area (TPSA) is 29.3 Å². The smallest absolute Gasteiger partial charge is 0.107 e. The molecule has 1 saturated heterocycles. The van der Waals surface area contributed by atoms with Crippen LogP contribution in [0.4, 0.5) is 0 Å². The van der Waals surface area contributed by atoms with Crippen LogP contribution in [-0.4, -0.2) is 24.5 Å². The summed E-state index contributed by atoms with van der Waals surface area (Å²) >= 11 is 11.1. The third-order valence-corrected chi connectivity index (χ3v) is 5.47. The van der Waals surface area contributed by atoms with Crippen molar-refractivity contribution in [2.75, 3.05) is 19.6 Å². The van der Waals surface area contributed by atoms with E-state index in [1.54, 1.807) is 11.3 Å². The van der Waals surface area contributed by atoms with E-state index in [0.29, 0.717) is 5.92 Å². The van der Waals surface area contributed by atoms with Gasteiger partial charge in [0.05, 0.1) is 0 Å². The van der Waals surface area contributed by atoms with Gasteiger partial charge >= 0.3 is 0 Å². The summed E-state index contributed by atoms with van der Waals surface area (Å²) in [7, 11) is 0. The van der Waals surface area contributed by atoms with Crippen molar-refractivity contribution in [1.82, 2.24) is 4.90 Å². The predicted octanol–water partition coefficient (Wildman–Crippen LogP) is 3.33. The molecule has 2 nitrogen and oxygen atoms in total. The van der Waals surface area contributed by atoms with Gasteiger partial charge in [-0.2, -0.15) is 0 Å². The number of hydrogen-bond donors (Lipinski definition) is 1. The van der Waals surface area contributed by atoms with Gasteiger partial charge in [-0.05, 0) is 53.8 Å². The molecule has 0 saturated carbocycles. The molecule has 0 aromatic carbocycles. The highest BCUT2D eigenvalue weighted by molar-refractivity contribution is 9.10. The van der Waals surface area contributed by atoms with Gasteiger partial charge in [0.15, 0.2) is 0 Å². The monoisotopic (exact) mass is 322 g/mol. The van der Waals surface area contributed by atoms with Gasteiger partial charge in [0.25, 0.3) is 0 Å². The van der Waals surface area contributed by atoms with Crippen molar-refractivity contribution in [3.63, 3.8) is 0 Å². The number of likely N-dealkylation sites (tertiary alicyclic amines) is 1. The Morgan fingerprint density at radius 2 is 2.44 bits per heavy atom. The Balaban J connectivity index is 1.93. The molecule has 90 valence electrons. The zero-order chi connectivity index (χ0) is 11.5. The maximum atomic E-state index is 6.04. The summed E-state index contributed by atoms with van der Waals surface area (Å²) in [5.74, 6) is 0.674. The van der Waals surface area contributed by atoms with E-state index >= 15 is 0 Å². The molecular weight excluding hydrogens is 308 g/mol. The summed E-state index contributed by atoms with van der Waals surface area (Å²) in [6.45, 7) is 4.13. The van der Waals surface area contributed by atoms with E-state index in [1.165, 1.54) is 24.3 Å². The second kappa shape index (κ2) is 5.83. The number of thiophene rings is 1. The molecule has 16 heavy (non-hydrogen) atoms. The van der Waals surface area contributed by atoms with E-state index in [9.17, 15) is 0 Å². The highest BCUT2D eigenvalue weighted by Gasteiger charge is 2.19. The fourth-order valence-electron chi connectivity index (χ4n) is 2.18. The van der Waals surface area contributed by atoms with Crippen LogP contribution in [0, 0.1) is 5.92 Å². The number of piperidine rings is 1. The molecule has 2 N–H and O–H groups in total. The minimum Gasteiger partial charge on any atom is -0.330 e. The van der Waals surface area contributed by atoms with Crippen LogP contribution >= 0.6 is 38.9 Å². The Hall–Kier alpha value is 0.390. The Labute approximate surface area is 114 Å². The third kappa shape index (κ3) is 3.20. The second-order valence-corrected chi connectivity index (χ2v) is 6.91. The molecule has 0 spiro atoms. The van der Waals surface area contributed by atoms with Crippen LogP contribution in [0.3, 0.4) is 0 Å². The van der Waals surface area contributed by atoms with Crippen LogP contribution < -0.4 is 5.73 Å². The van der Waals surface area contributed by atoms with Crippen molar-refractivity contribution >= 4 is 38.9 Å². The highest BCUT2D eigenvalue weighted by Crippen LogP contribution is 2.33. The summed E-state index contributed by atoms with van der Waals surface area (Å²) in [4.78, 5) is 3.81. The van der Waals surface area contributed by atoms with Gasteiger partial charge in [0.2, 0.25) is 0 Å². The minimum absolute atomic E-state index is 0.674. The van der Waals surface area contributed by atoms with Gasteiger partial charge in [0, 0.05) is 22.4 Å². The average molecular weight is 324 g/mol. The first-order chi connectivity index (χ1) is 7.69. The Bertz CT molecular complexity index is 336. The highest BCUT2D eigenvalue weighted by atomic mass is 79.9. The summed E-state index contributed by atoms with van der Waals surface area (Å²) in [5.41, 5.74) is 5.73. The summed E-state index contributed by atoms with van der Waals surface area (Å²) in [6.07, 6.45) is 2.55. The van der Waals surface area contributed by atoms with Crippen molar-refractivity contribution in [3.05, 3.63) is 19.8 Å². The van der Waals surface area contributed by atoms with Crippen LogP contribution in [0.2, 0.25) is 4.34 Å². The van der Waals surface area contributed by atoms with Crippen molar-refractivity contribution in [2.24, 2.45) is 11.7 Å². The fraction of sp³-hybridized carbons (Fsp3) is 0.636. The standard InChI is InChI=1S/C11H16BrClN2S/c12-10-4-9(16-11(10)13)7-15-3-1-2-8(5-14)6-15/h4,8H,1-3,5-7,14H2. The van der Waals surface area contributed by atoms with Crippen LogP contribution in [0.1, 0.15) is 17.7 Å². The average Bonchev–Trinajstić information content (AvgIpc) is 2.58. The quantitative estimate of drug-likeness (QED) is 0.924. The lowest BCUT2D eigenvalue weighted by molar-refractivity contribution is 0.172. The lowest BCUT2D eigenvalue weighted by atomic mass is 9.98. The largest absolute Gasteiger partial charge is 0.330 e.